The highest BCUT2D eigenvalue weighted by molar-refractivity contribution is 5.87. The molecule has 0 aliphatic heterocycles. The van der Waals surface area contributed by atoms with Crippen LogP contribution in [0.15, 0.2) is 36.4 Å². The number of aliphatic hydroxyl groups is 1. The molecule has 1 unspecified atom stereocenters. The zero-order chi connectivity index (χ0) is 25.8. The smallest absolute Gasteiger partial charge is 0.335 e. The third-order valence-corrected chi connectivity index (χ3v) is 6.60. The molecular formula is C29H34O6. The molecule has 35 heavy (non-hydrogen) atoms. The van der Waals surface area contributed by atoms with Crippen molar-refractivity contribution in [1.29, 1.82) is 0 Å². The summed E-state index contributed by atoms with van der Waals surface area (Å²) in [6.45, 7) is 10.9. The fourth-order valence-corrected chi connectivity index (χ4v) is 4.37. The van der Waals surface area contributed by atoms with Gasteiger partial charge in [0.2, 0.25) is 0 Å². The van der Waals surface area contributed by atoms with E-state index >= 15 is 0 Å². The summed E-state index contributed by atoms with van der Waals surface area (Å²) in [4.78, 5) is 22.5. The number of rotatable bonds is 7. The van der Waals surface area contributed by atoms with E-state index < -0.39 is 12.1 Å². The number of ether oxygens (including phenoxy) is 2. The zero-order valence-corrected chi connectivity index (χ0v) is 21.1. The number of benzene rings is 2. The topological polar surface area (TPSA) is 93.1 Å². The molecule has 0 heterocycles. The number of fused-ring (bicyclic) bond motifs is 1. The lowest BCUT2D eigenvalue weighted by Crippen LogP contribution is -2.34. The molecule has 1 atom stereocenters. The van der Waals surface area contributed by atoms with Crippen molar-refractivity contribution in [3.63, 3.8) is 0 Å². The SMILES string of the molecule is CCC(=O)OCCOc1cc(C(O)C#Cc2ccc(C(=O)O)cc2)cc2c1C(C)(C)CCC2(C)C. The third-order valence-electron chi connectivity index (χ3n) is 6.60. The van der Waals surface area contributed by atoms with Crippen molar-refractivity contribution in [2.24, 2.45) is 0 Å². The summed E-state index contributed by atoms with van der Waals surface area (Å²) >= 11 is 0. The second kappa shape index (κ2) is 10.5. The van der Waals surface area contributed by atoms with Crippen LogP contribution in [0.2, 0.25) is 0 Å². The molecule has 0 bridgehead atoms. The van der Waals surface area contributed by atoms with Gasteiger partial charge in [-0.3, -0.25) is 4.79 Å². The molecule has 0 saturated heterocycles. The molecule has 6 heteroatoms. The van der Waals surface area contributed by atoms with Crippen LogP contribution in [0.25, 0.3) is 0 Å². The molecule has 186 valence electrons. The van der Waals surface area contributed by atoms with Crippen molar-refractivity contribution in [1.82, 2.24) is 0 Å². The number of carbonyl (C=O) groups is 2. The number of hydrogen-bond acceptors (Lipinski definition) is 5. The molecule has 6 nitrogen and oxygen atoms in total. The maximum Gasteiger partial charge on any atom is 0.335 e. The highest BCUT2D eigenvalue weighted by Gasteiger charge is 2.40. The predicted octanol–water partition coefficient (Wildman–Crippen LogP) is 5.15. The van der Waals surface area contributed by atoms with E-state index in [2.05, 4.69) is 39.5 Å². The molecule has 2 aromatic carbocycles. The Labute approximate surface area is 207 Å². The van der Waals surface area contributed by atoms with Gasteiger partial charge in [-0.2, -0.15) is 0 Å². The summed E-state index contributed by atoms with van der Waals surface area (Å²) in [6.07, 6.45) is 1.26. The third kappa shape index (κ3) is 6.23. The summed E-state index contributed by atoms with van der Waals surface area (Å²) in [5, 5.41) is 20.0. The fraction of sp³-hybridized carbons (Fsp3) is 0.448. The van der Waals surface area contributed by atoms with Crippen LogP contribution in [0.3, 0.4) is 0 Å². The van der Waals surface area contributed by atoms with E-state index in [0.717, 1.165) is 24.0 Å². The predicted molar refractivity (Wildman–Crippen MR) is 134 cm³/mol. The number of aliphatic hydroxyl groups excluding tert-OH is 1. The zero-order valence-electron chi connectivity index (χ0n) is 21.1. The Morgan fingerprint density at radius 2 is 1.69 bits per heavy atom. The van der Waals surface area contributed by atoms with Crippen molar-refractivity contribution >= 4 is 11.9 Å². The number of aromatic carboxylic acids is 1. The van der Waals surface area contributed by atoms with Crippen molar-refractivity contribution in [2.45, 2.75) is 70.8 Å². The Kier molecular flexibility index (Phi) is 7.92. The Hall–Kier alpha value is -3.30. The van der Waals surface area contributed by atoms with Gasteiger partial charge in [0.05, 0.1) is 5.56 Å². The second-order valence-electron chi connectivity index (χ2n) is 10.2. The van der Waals surface area contributed by atoms with Gasteiger partial charge in [0.1, 0.15) is 25.1 Å². The van der Waals surface area contributed by atoms with Gasteiger partial charge in [-0.15, -0.1) is 0 Å². The molecular weight excluding hydrogens is 444 g/mol. The lowest BCUT2D eigenvalue weighted by atomic mass is 9.62. The van der Waals surface area contributed by atoms with Crippen molar-refractivity contribution in [2.75, 3.05) is 13.2 Å². The first-order chi connectivity index (χ1) is 16.4. The summed E-state index contributed by atoms with van der Waals surface area (Å²) in [6, 6.07) is 10.1. The van der Waals surface area contributed by atoms with Gasteiger partial charge in [0.15, 0.2) is 0 Å². The lowest BCUT2D eigenvalue weighted by molar-refractivity contribution is -0.143. The van der Waals surface area contributed by atoms with Crippen LogP contribution < -0.4 is 4.74 Å². The Morgan fingerprint density at radius 3 is 2.31 bits per heavy atom. The van der Waals surface area contributed by atoms with E-state index in [1.165, 1.54) is 12.1 Å². The monoisotopic (exact) mass is 478 g/mol. The van der Waals surface area contributed by atoms with Gasteiger partial charge in [0.25, 0.3) is 0 Å². The Bertz CT molecular complexity index is 1150. The number of carbonyl (C=O) groups excluding carboxylic acids is 1. The number of carboxylic acid groups (broad SMARTS) is 1. The Balaban J connectivity index is 1.94. The van der Waals surface area contributed by atoms with Gasteiger partial charge in [-0.1, -0.05) is 52.5 Å². The average molecular weight is 479 g/mol. The van der Waals surface area contributed by atoms with E-state index in [0.29, 0.717) is 23.3 Å². The first kappa shape index (κ1) is 26.3. The van der Waals surface area contributed by atoms with Crippen LogP contribution in [-0.4, -0.2) is 35.4 Å². The summed E-state index contributed by atoms with van der Waals surface area (Å²) in [7, 11) is 0. The van der Waals surface area contributed by atoms with Crippen LogP contribution in [0.1, 0.15) is 92.6 Å². The van der Waals surface area contributed by atoms with E-state index in [1.54, 1.807) is 19.1 Å². The van der Waals surface area contributed by atoms with Gasteiger partial charge in [-0.05, 0) is 65.1 Å². The second-order valence-corrected chi connectivity index (χ2v) is 10.2. The average Bonchev–Trinajstić information content (AvgIpc) is 2.82. The first-order valence-electron chi connectivity index (χ1n) is 11.9. The lowest BCUT2D eigenvalue weighted by Gasteiger charge is -2.43. The van der Waals surface area contributed by atoms with Crippen LogP contribution >= 0.6 is 0 Å². The van der Waals surface area contributed by atoms with Crippen LogP contribution in [0.5, 0.6) is 5.75 Å². The van der Waals surface area contributed by atoms with Crippen LogP contribution in [-0.2, 0) is 20.4 Å². The molecule has 1 aliphatic rings. The van der Waals surface area contributed by atoms with E-state index in [9.17, 15) is 14.7 Å². The fourth-order valence-electron chi connectivity index (χ4n) is 4.37. The number of hydrogen-bond donors (Lipinski definition) is 2. The minimum atomic E-state index is -1.06. The van der Waals surface area contributed by atoms with Crippen LogP contribution in [0, 0.1) is 11.8 Å². The molecule has 0 radical (unpaired) electrons. The first-order valence-corrected chi connectivity index (χ1v) is 11.9. The largest absolute Gasteiger partial charge is 0.490 e. The van der Waals surface area contributed by atoms with Crippen LogP contribution in [0.4, 0.5) is 0 Å². The molecule has 2 aromatic rings. The van der Waals surface area contributed by atoms with E-state index in [-0.39, 0.29) is 35.6 Å². The molecule has 0 amide bonds. The number of carboxylic acids is 1. The van der Waals surface area contributed by atoms with Gasteiger partial charge >= 0.3 is 11.9 Å². The standard InChI is InChI=1S/C29H34O6/c1-6-25(31)35-16-15-34-24-18-21(17-22-26(24)29(4,5)14-13-28(22,2)3)23(30)12-9-19-7-10-20(11-8-19)27(32)33/h7-8,10-11,17-18,23,30H,6,13-16H2,1-5H3,(H,32,33). The quantitative estimate of drug-likeness (QED) is 0.325. The molecule has 0 spiro atoms. The summed E-state index contributed by atoms with van der Waals surface area (Å²) < 4.78 is 11.3. The maximum absolute atomic E-state index is 11.5. The van der Waals surface area contributed by atoms with Gasteiger partial charge in [0, 0.05) is 17.5 Å². The van der Waals surface area contributed by atoms with Crippen molar-refractivity contribution in [3.05, 3.63) is 64.2 Å². The van der Waals surface area contributed by atoms with Crippen molar-refractivity contribution in [3.8, 4) is 17.6 Å². The minimum absolute atomic E-state index is 0.104. The molecule has 1 aliphatic carbocycles. The molecule has 0 fully saturated rings. The summed E-state index contributed by atoms with van der Waals surface area (Å²) in [5.74, 6) is 5.20. The normalized spacial score (nSPS) is 16.3. The highest BCUT2D eigenvalue weighted by Crippen LogP contribution is 2.50. The van der Waals surface area contributed by atoms with Gasteiger partial charge in [-0.25, -0.2) is 4.79 Å². The van der Waals surface area contributed by atoms with Gasteiger partial charge < -0.3 is 19.7 Å². The Morgan fingerprint density at radius 1 is 1.03 bits per heavy atom. The highest BCUT2D eigenvalue weighted by atomic mass is 16.6. The minimum Gasteiger partial charge on any atom is -0.490 e. The molecule has 2 N–H and O–H groups in total. The molecule has 3 rings (SSSR count). The molecule has 0 aromatic heterocycles. The van der Waals surface area contributed by atoms with Crippen molar-refractivity contribution < 1.29 is 29.3 Å². The van der Waals surface area contributed by atoms with E-state index in [1.807, 2.05) is 12.1 Å². The maximum atomic E-state index is 11.5. The van der Waals surface area contributed by atoms with E-state index in [4.69, 9.17) is 14.6 Å². The number of esters is 1. The molecule has 0 saturated carbocycles. The summed E-state index contributed by atoms with van der Waals surface area (Å²) in [5.41, 5.74) is 3.45.